The lowest BCUT2D eigenvalue weighted by atomic mass is 9.90. The van der Waals surface area contributed by atoms with Crippen molar-refractivity contribution in [3.05, 3.63) is 58.1 Å². The summed E-state index contributed by atoms with van der Waals surface area (Å²) in [6.45, 7) is 2.43. The van der Waals surface area contributed by atoms with E-state index in [1.165, 1.54) is 12.1 Å². The number of nitrogens with zero attached hydrogens (tertiary/aromatic N) is 5. The van der Waals surface area contributed by atoms with Gasteiger partial charge < -0.3 is 9.47 Å². The van der Waals surface area contributed by atoms with Crippen molar-refractivity contribution >= 4 is 23.2 Å². The Kier molecular flexibility index (Phi) is 5.11. The van der Waals surface area contributed by atoms with Crippen LogP contribution in [0.3, 0.4) is 0 Å². The molecule has 4 heterocycles. The van der Waals surface area contributed by atoms with E-state index in [0.29, 0.717) is 18.8 Å². The zero-order valence-corrected chi connectivity index (χ0v) is 18.1. The zero-order valence-electron chi connectivity index (χ0n) is 17.3. The fourth-order valence-corrected chi connectivity index (χ4v) is 5.28. The molecular formula is C22H21ClF3N5O. The average Bonchev–Trinajstić information content (AvgIpc) is 3.16. The summed E-state index contributed by atoms with van der Waals surface area (Å²) in [7, 11) is 0. The Balaban J connectivity index is 1.51. The van der Waals surface area contributed by atoms with Gasteiger partial charge in [-0.3, -0.25) is 9.79 Å². The lowest BCUT2D eigenvalue weighted by Gasteiger charge is -2.46. The van der Waals surface area contributed by atoms with Crippen molar-refractivity contribution in [1.29, 1.82) is 0 Å². The zero-order chi connectivity index (χ0) is 22.6. The summed E-state index contributed by atoms with van der Waals surface area (Å²) < 4.78 is 42.0. The highest BCUT2D eigenvalue weighted by Crippen LogP contribution is 2.43. The SMILES string of the molecule is CC1=NC(c2nnc3n2C[C@@H]2CCC[C@H]3N2C(=O)c2cccc(C(F)(F)F)c2Cl)CC=C1. The Bertz CT molecular complexity index is 1140. The number of dihydropyridines is 1. The smallest absolute Gasteiger partial charge is 0.324 e. The molecule has 3 aliphatic rings. The summed E-state index contributed by atoms with van der Waals surface area (Å²) in [6, 6.07) is 2.82. The van der Waals surface area contributed by atoms with Gasteiger partial charge in [-0.1, -0.05) is 23.7 Å². The Hall–Kier alpha value is -2.68. The van der Waals surface area contributed by atoms with Crippen molar-refractivity contribution in [1.82, 2.24) is 19.7 Å². The molecule has 1 fully saturated rings. The fourth-order valence-electron chi connectivity index (χ4n) is 4.97. The molecule has 3 atom stereocenters. The van der Waals surface area contributed by atoms with Gasteiger partial charge in [0.05, 0.1) is 28.2 Å². The highest BCUT2D eigenvalue weighted by Gasteiger charge is 2.44. The Labute approximate surface area is 187 Å². The number of aliphatic imine (C=N–C) groups is 1. The number of rotatable bonds is 2. The maximum absolute atomic E-state index is 13.5. The molecule has 32 heavy (non-hydrogen) atoms. The van der Waals surface area contributed by atoms with E-state index in [-0.39, 0.29) is 23.7 Å². The number of carbonyl (C=O) groups is 1. The molecule has 0 spiro atoms. The van der Waals surface area contributed by atoms with Gasteiger partial charge in [0.1, 0.15) is 6.04 Å². The number of alkyl halides is 3. The molecule has 3 aliphatic heterocycles. The standard InChI is InChI=1S/C22H21ClF3N5O/c1-12-5-2-9-16(27-12)19-28-29-20-17-10-3-6-13(11-30(19)20)31(17)21(32)14-7-4-8-15(18(14)23)22(24,25)26/h2,4-5,7-8,13,16-17H,3,6,9-11H2,1H3/t13-,16?,17+/m0/s1. The van der Waals surface area contributed by atoms with Crippen LogP contribution < -0.4 is 0 Å². The van der Waals surface area contributed by atoms with E-state index in [4.69, 9.17) is 11.6 Å². The van der Waals surface area contributed by atoms with Crippen LogP contribution in [0.2, 0.25) is 5.02 Å². The lowest BCUT2D eigenvalue weighted by molar-refractivity contribution is -0.137. The first kappa shape index (κ1) is 21.2. The van der Waals surface area contributed by atoms with Gasteiger partial charge in [-0.25, -0.2) is 0 Å². The summed E-state index contributed by atoms with van der Waals surface area (Å²) in [5.74, 6) is 0.931. The van der Waals surface area contributed by atoms with Crippen molar-refractivity contribution in [2.45, 2.75) is 63.5 Å². The minimum atomic E-state index is -4.63. The third-order valence-corrected chi connectivity index (χ3v) is 6.80. The second kappa shape index (κ2) is 7.72. The molecular weight excluding hydrogens is 443 g/mol. The molecule has 0 aliphatic carbocycles. The second-order valence-corrected chi connectivity index (χ2v) is 8.81. The van der Waals surface area contributed by atoms with E-state index in [2.05, 4.69) is 21.3 Å². The van der Waals surface area contributed by atoms with Gasteiger partial charge in [0.25, 0.3) is 5.91 Å². The van der Waals surface area contributed by atoms with Gasteiger partial charge >= 0.3 is 6.18 Å². The van der Waals surface area contributed by atoms with Crippen LogP contribution in [0, 0.1) is 0 Å². The fraction of sp³-hybridized carbons (Fsp3) is 0.455. The topological polar surface area (TPSA) is 63.4 Å². The highest BCUT2D eigenvalue weighted by atomic mass is 35.5. The monoisotopic (exact) mass is 463 g/mol. The lowest BCUT2D eigenvalue weighted by Crippen LogP contribution is -2.52. The summed E-state index contributed by atoms with van der Waals surface area (Å²) in [4.78, 5) is 19.8. The summed E-state index contributed by atoms with van der Waals surface area (Å²) in [5, 5.41) is 8.24. The first-order valence-electron chi connectivity index (χ1n) is 10.6. The van der Waals surface area contributed by atoms with Gasteiger partial charge in [0.2, 0.25) is 0 Å². The minimum Gasteiger partial charge on any atom is -0.324 e. The number of aromatic nitrogens is 3. The first-order valence-corrected chi connectivity index (χ1v) is 11.0. The molecule has 1 saturated heterocycles. The van der Waals surface area contributed by atoms with Crippen LogP contribution in [0.1, 0.15) is 72.3 Å². The third-order valence-electron chi connectivity index (χ3n) is 6.39. The first-order chi connectivity index (χ1) is 15.3. The number of amides is 1. The number of hydrogen-bond acceptors (Lipinski definition) is 4. The molecule has 0 radical (unpaired) electrons. The van der Waals surface area contributed by atoms with Crippen molar-refractivity contribution < 1.29 is 18.0 Å². The van der Waals surface area contributed by atoms with Crippen molar-refractivity contribution in [3.63, 3.8) is 0 Å². The predicted octanol–water partition coefficient (Wildman–Crippen LogP) is 5.16. The van der Waals surface area contributed by atoms with E-state index >= 15 is 0 Å². The van der Waals surface area contributed by atoms with Crippen molar-refractivity contribution in [2.75, 3.05) is 0 Å². The van der Waals surface area contributed by atoms with Crippen molar-refractivity contribution in [3.8, 4) is 0 Å². The maximum atomic E-state index is 13.5. The van der Waals surface area contributed by atoms with E-state index in [9.17, 15) is 18.0 Å². The number of halogens is 4. The van der Waals surface area contributed by atoms with Gasteiger partial charge in [0.15, 0.2) is 11.6 Å². The van der Waals surface area contributed by atoms with Crippen molar-refractivity contribution in [2.24, 2.45) is 4.99 Å². The number of hydrogen-bond donors (Lipinski definition) is 0. The quantitative estimate of drug-likeness (QED) is 0.617. The molecule has 1 aromatic carbocycles. The molecule has 10 heteroatoms. The third kappa shape index (κ3) is 3.43. The number of benzene rings is 1. The van der Waals surface area contributed by atoms with Crippen LogP contribution in [0.5, 0.6) is 0 Å². The molecule has 168 valence electrons. The highest BCUT2D eigenvalue weighted by molar-refractivity contribution is 6.34. The summed E-state index contributed by atoms with van der Waals surface area (Å²) in [5.41, 5.74) is -0.217. The van der Waals surface area contributed by atoms with Crippen LogP contribution >= 0.6 is 11.6 Å². The Morgan fingerprint density at radius 1 is 1.19 bits per heavy atom. The van der Waals surface area contributed by atoms with Crippen LogP contribution in [0.15, 0.2) is 35.3 Å². The van der Waals surface area contributed by atoms with Crippen LogP contribution in [0.4, 0.5) is 13.2 Å². The van der Waals surface area contributed by atoms with E-state index in [1.54, 1.807) is 4.90 Å². The van der Waals surface area contributed by atoms with Crippen LogP contribution in [0.25, 0.3) is 0 Å². The van der Waals surface area contributed by atoms with E-state index in [0.717, 1.165) is 36.9 Å². The molecule has 1 unspecified atom stereocenters. The predicted molar refractivity (Wildman–Crippen MR) is 113 cm³/mol. The minimum absolute atomic E-state index is 0.123. The van der Waals surface area contributed by atoms with E-state index in [1.807, 2.05) is 17.6 Å². The second-order valence-electron chi connectivity index (χ2n) is 8.43. The van der Waals surface area contributed by atoms with Gasteiger partial charge in [-0.05, 0) is 50.8 Å². The van der Waals surface area contributed by atoms with Crippen LogP contribution in [-0.4, -0.2) is 37.3 Å². The molecule has 0 N–H and O–H groups in total. The van der Waals surface area contributed by atoms with Gasteiger partial charge in [0, 0.05) is 12.3 Å². The summed E-state index contributed by atoms with van der Waals surface area (Å²) >= 11 is 6.06. The average molecular weight is 464 g/mol. The number of allylic oxidation sites excluding steroid dienone is 1. The normalized spacial score (nSPS) is 24.8. The number of piperidine rings is 1. The Morgan fingerprint density at radius 3 is 2.72 bits per heavy atom. The molecule has 5 rings (SSSR count). The van der Waals surface area contributed by atoms with E-state index < -0.39 is 22.7 Å². The van der Waals surface area contributed by atoms with Gasteiger partial charge in [-0.15, -0.1) is 10.2 Å². The number of fused-ring (bicyclic) bond motifs is 4. The van der Waals surface area contributed by atoms with Crippen LogP contribution in [-0.2, 0) is 12.7 Å². The molecule has 1 amide bonds. The molecule has 2 bridgehead atoms. The largest absolute Gasteiger partial charge is 0.417 e. The molecule has 1 aromatic heterocycles. The molecule has 2 aromatic rings. The maximum Gasteiger partial charge on any atom is 0.417 e. The van der Waals surface area contributed by atoms with Gasteiger partial charge in [-0.2, -0.15) is 13.2 Å². The number of carbonyl (C=O) groups excluding carboxylic acids is 1. The summed E-state index contributed by atoms with van der Waals surface area (Å²) in [6.07, 6.45) is 2.45. The molecule has 0 saturated carbocycles. The Morgan fingerprint density at radius 2 is 1.97 bits per heavy atom. The molecule has 6 nitrogen and oxygen atoms in total.